The Morgan fingerprint density at radius 3 is 2.57 bits per heavy atom. The molecule has 0 bridgehead atoms. The third-order valence-electron chi connectivity index (χ3n) is 4.44. The number of carbonyl (C=O) groups is 1. The second kappa shape index (κ2) is 7.82. The van der Waals surface area contributed by atoms with Crippen LogP contribution in [-0.2, 0) is 0 Å². The minimum absolute atomic E-state index is 0.140. The summed E-state index contributed by atoms with van der Waals surface area (Å²) < 4.78 is 6.59. The maximum Gasteiger partial charge on any atom is 0.255 e. The smallest absolute Gasteiger partial charge is 0.255 e. The Hall–Kier alpha value is -3.18. The van der Waals surface area contributed by atoms with E-state index in [-0.39, 0.29) is 5.91 Å². The number of para-hydroxylation sites is 1. The molecule has 1 N–H and O–H groups in total. The predicted octanol–water partition coefficient (Wildman–Crippen LogP) is 5.92. The van der Waals surface area contributed by atoms with Crippen molar-refractivity contribution in [2.75, 3.05) is 11.9 Å². The van der Waals surface area contributed by atoms with Gasteiger partial charge in [0.2, 0.25) is 0 Å². The Labute approximate surface area is 167 Å². The van der Waals surface area contributed by atoms with Crippen molar-refractivity contribution in [1.82, 2.24) is 4.98 Å². The number of anilines is 1. The van der Waals surface area contributed by atoms with Crippen LogP contribution in [0, 0.1) is 6.92 Å². The van der Waals surface area contributed by atoms with Gasteiger partial charge in [0.15, 0.2) is 0 Å². The first-order chi connectivity index (χ1) is 13.6. The monoisotopic (exact) mass is 388 g/mol. The van der Waals surface area contributed by atoms with Gasteiger partial charge in [0.25, 0.3) is 5.91 Å². The van der Waals surface area contributed by atoms with Gasteiger partial charge in [-0.3, -0.25) is 4.79 Å². The number of fused-ring (bicyclic) bond motifs is 1. The average molecular weight is 388 g/mol. The summed E-state index contributed by atoms with van der Waals surface area (Å²) in [6, 6.07) is 21.3. The number of aryl methyl sites for hydroxylation is 1. The minimum atomic E-state index is -0.140. The van der Waals surface area contributed by atoms with Gasteiger partial charge in [-0.2, -0.15) is 0 Å². The SMILES string of the molecule is CCOc1ccc(C(=O)Nc2ccc(-c3nc4ccccc4s3)cc2C)cc1. The fraction of sp³-hybridized carbons (Fsp3) is 0.130. The molecular formula is C23H20N2O2S. The molecule has 4 aromatic rings. The van der Waals surface area contributed by atoms with E-state index >= 15 is 0 Å². The summed E-state index contributed by atoms with van der Waals surface area (Å²) in [5, 5.41) is 3.97. The molecule has 140 valence electrons. The zero-order valence-corrected chi connectivity index (χ0v) is 16.5. The van der Waals surface area contributed by atoms with Crippen molar-refractivity contribution in [3.8, 4) is 16.3 Å². The maximum absolute atomic E-state index is 12.5. The molecule has 4 nitrogen and oxygen atoms in total. The quantitative estimate of drug-likeness (QED) is 0.461. The van der Waals surface area contributed by atoms with Gasteiger partial charge < -0.3 is 10.1 Å². The first-order valence-corrected chi connectivity index (χ1v) is 9.96. The number of benzene rings is 3. The van der Waals surface area contributed by atoms with Crippen molar-refractivity contribution in [3.05, 3.63) is 77.9 Å². The largest absolute Gasteiger partial charge is 0.494 e. The molecule has 0 aliphatic heterocycles. The van der Waals surface area contributed by atoms with Crippen LogP contribution in [0.15, 0.2) is 66.7 Å². The topological polar surface area (TPSA) is 51.2 Å². The summed E-state index contributed by atoms with van der Waals surface area (Å²) in [7, 11) is 0. The van der Waals surface area contributed by atoms with E-state index in [4.69, 9.17) is 9.72 Å². The van der Waals surface area contributed by atoms with E-state index in [9.17, 15) is 4.79 Å². The van der Waals surface area contributed by atoms with Crippen LogP contribution in [0.3, 0.4) is 0 Å². The van der Waals surface area contributed by atoms with E-state index in [1.807, 2.05) is 56.3 Å². The zero-order valence-electron chi connectivity index (χ0n) is 15.7. The summed E-state index contributed by atoms with van der Waals surface area (Å²) >= 11 is 1.67. The highest BCUT2D eigenvalue weighted by atomic mass is 32.1. The molecule has 0 aliphatic carbocycles. The lowest BCUT2D eigenvalue weighted by atomic mass is 10.1. The van der Waals surface area contributed by atoms with Crippen LogP contribution in [0.25, 0.3) is 20.8 Å². The molecule has 5 heteroatoms. The Morgan fingerprint density at radius 1 is 1.07 bits per heavy atom. The van der Waals surface area contributed by atoms with E-state index in [1.54, 1.807) is 23.5 Å². The van der Waals surface area contributed by atoms with Gasteiger partial charge in [0.05, 0.1) is 16.8 Å². The fourth-order valence-corrected chi connectivity index (χ4v) is 3.96. The van der Waals surface area contributed by atoms with Gasteiger partial charge >= 0.3 is 0 Å². The number of rotatable bonds is 5. The van der Waals surface area contributed by atoms with E-state index in [2.05, 4.69) is 17.4 Å². The Kier molecular flexibility index (Phi) is 5.08. The standard InChI is InChI=1S/C23H20N2O2S/c1-3-27-18-11-8-16(9-12-18)22(26)24-19-13-10-17(14-15(19)2)23-25-20-6-4-5-7-21(20)28-23/h4-14H,3H2,1-2H3,(H,24,26). The van der Waals surface area contributed by atoms with Crippen molar-refractivity contribution in [1.29, 1.82) is 0 Å². The van der Waals surface area contributed by atoms with Crippen LogP contribution in [0.1, 0.15) is 22.8 Å². The molecule has 0 spiro atoms. The number of nitrogens with zero attached hydrogens (tertiary/aromatic N) is 1. The summed E-state index contributed by atoms with van der Waals surface area (Å²) in [4.78, 5) is 17.3. The molecular weight excluding hydrogens is 368 g/mol. The molecule has 0 radical (unpaired) electrons. The second-order valence-electron chi connectivity index (χ2n) is 6.43. The van der Waals surface area contributed by atoms with Gasteiger partial charge in [-0.05, 0) is 74.0 Å². The molecule has 0 saturated carbocycles. The van der Waals surface area contributed by atoms with Crippen LogP contribution in [0.4, 0.5) is 5.69 Å². The van der Waals surface area contributed by atoms with Crippen molar-refractivity contribution >= 4 is 33.1 Å². The van der Waals surface area contributed by atoms with Crippen LogP contribution in [0.2, 0.25) is 0 Å². The predicted molar refractivity (Wildman–Crippen MR) is 115 cm³/mol. The highest BCUT2D eigenvalue weighted by molar-refractivity contribution is 7.21. The molecule has 0 saturated heterocycles. The molecule has 0 fully saturated rings. The van der Waals surface area contributed by atoms with Gasteiger partial charge in [0.1, 0.15) is 10.8 Å². The number of carbonyl (C=O) groups excluding carboxylic acids is 1. The van der Waals surface area contributed by atoms with E-state index < -0.39 is 0 Å². The molecule has 28 heavy (non-hydrogen) atoms. The lowest BCUT2D eigenvalue weighted by molar-refractivity contribution is 0.102. The normalized spacial score (nSPS) is 10.8. The minimum Gasteiger partial charge on any atom is -0.494 e. The summed E-state index contributed by atoms with van der Waals surface area (Å²) in [6.07, 6.45) is 0. The zero-order chi connectivity index (χ0) is 19.5. The molecule has 0 aliphatic rings. The van der Waals surface area contributed by atoms with Crippen molar-refractivity contribution in [2.45, 2.75) is 13.8 Å². The number of aromatic nitrogens is 1. The fourth-order valence-electron chi connectivity index (χ4n) is 3.00. The molecule has 4 rings (SSSR count). The molecule has 0 unspecified atom stereocenters. The highest BCUT2D eigenvalue weighted by Gasteiger charge is 2.11. The van der Waals surface area contributed by atoms with Gasteiger partial charge in [-0.15, -0.1) is 11.3 Å². The van der Waals surface area contributed by atoms with Crippen LogP contribution >= 0.6 is 11.3 Å². The first kappa shape index (κ1) is 18.2. The second-order valence-corrected chi connectivity index (χ2v) is 7.46. The van der Waals surface area contributed by atoms with Gasteiger partial charge in [0, 0.05) is 16.8 Å². The summed E-state index contributed by atoms with van der Waals surface area (Å²) in [6.45, 7) is 4.53. The third-order valence-corrected chi connectivity index (χ3v) is 5.53. The van der Waals surface area contributed by atoms with E-state index in [0.29, 0.717) is 12.2 Å². The Balaban J connectivity index is 1.53. The summed E-state index contributed by atoms with van der Waals surface area (Å²) in [5.74, 6) is 0.620. The number of hydrogen-bond donors (Lipinski definition) is 1. The number of amides is 1. The van der Waals surface area contributed by atoms with Crippen molar-refractivity contribution in [2.24, 2.45) is 0 Å². The number of ether oxygens (including phenoxy) is 1. The lowest BCUT2D eigenvalue weighted by Gasteiger charge is -2.10. The number of hydrogen-bond acceptors (Lipinski definition) is 4. The summed E-state index contributed by atoms with van der Waals surface area (Å²) in [5.41, 5.74) is 4.45. The van der Waals surface area contributed by atoms with Crippen LogP contribution < -0.4 is 10.1 Å². The van der Waals surface area contributed by atoms with E-state index in [1.165, 1.54) is 4.70 Å². The molecule has 1 aromatic heterocycles. The van der Waals surface area contributed by atoms with Gasteiger partial charge in [-0.25, -0.2) is 4.98 Å². The van der Waals surface area contributed by atoms with Gasteiger partial charge in [-0.1, -0.05) is 12.1 Å². The maximum atomic E-state index is 12.5. The highest BCUT2D eigenvalue weighted by Crippen LogP contribution is 2.32. The molecule has 1 heterocycles. The molecule has 0 atom stereocenters. The van der Waals surface area contributed by atoms with Crippen LogP contribution in [0.5, 0.6) is 5.75 Å². The third kappa shape index (κ3) is 3.75. The van der Waals surface area contributed by atoms with E-state index in [0.717, 1.165) is 33.1 Å². The average Bonchev–Trinajstić information content (AvgIpc) is 3.14. The molecule has 1 amide bonds. The Morgan fingerprint density at radius 2 is 1.86 bits per heavy atom. The van der Waals surface area contributed by atoms with Crippen LogP contribution in [-0.4, -0.2) is 17.5 Å². The molecule has 3 aromatic carbocycles. The lowest BCUT2D eigenvalue weighted by Crippen LogP contribution is -2.12. The van der Waals surface area contributed by atoms with Crippen molar-refractivity contribution < 1.29 is 9.53 Å². The number of nitrogens with one attached hydrogen (secondary N) is 1. The Bertz CT molecular complexity index is 1100. The van der Waals surface area contributed by atoms with Crippen molar-refractivity contribution in [3.63, 3.8) is 0 Å². The first-order valence-electron chi connectivity index (χ1n) is 9.15. The number of thiazole rings is 1.